The second kappa shape index (κ2) is 8.38. The quantitative estimate of drug-likeness (QED) is 0.798. The summed E-state index contributed by atoms with van der Waals surface area (Å²) in [6, 6.07) is 6.05. The van der Waals surface area contributed by atoms with Gasteiger partial charge in [-0.15, -0.1) is 0 Å². The molecule has 0 aromatic heterocycles. The summed E-state index contributed by atoms with van der Waals surface area (Å²) in [6.45, 7) is 5.12. The van der Waals surface area contributed by atoms with Crippen molar-refractivity contribution in [1.29, 1.82) is 0 Å². The van der Waals surface area contributed by atoms with E-state index in [4.69, 9.17) is 19.3 Å². The van der Waals surface area contributed by atoms with Crippen molar-refractivity contribution in [2.24, 2.45) is 0 Å². The molecule has 0 bridgehead atoms. The Balaban J connectivity index is 2.50. The zero-order valence-electron chi connectivity index (χ0n) is 13.8. The van der Waals surface area contributed by atoms with E-state index >= 15 is 0 Å². The summed E-state index contributed by atoms with van der Waals surface area (Å²) in [6.07, 6.45) is -0.796. The van der Waals surface area contributed by atoms with E-state index in [1.807, 2.05) is 12.1 Å². The Kier molecular flexibility index (Phi) is 6.84. The van der Waals surface area contributed by atoms with Gasteiger partial charge < -0.3 is 24.6 Å². The van der Waals surface area contributed by atoms with Crippen LogP contribution in [-0.2, 0) is 20.9 Å². The number of aliphatic carboxylic acids is 1. The molecule has 0 saturated carbocycles. The smallest absolute Gasteiger partial charge is 0.408 e. The molecule has 1 amide bonds. The Hall–Kier alpha value is -2.28. The maximum atomic E-state index is 11.6. The van der Waals surface area contributed by atoms with Crippen LogP contribution < -0.4 is 10.1 Å². The van der Waals surface area contributed by atoms with Crippen molar-refractivity contribution >= 4 is 12.1 Å². The third-order valence-corrected chi connectivity index (χ3v) is 2.68. The van der Waals surface area contributed by atoms with Crippen molar-refractivity contribution in [2.45, 2.75) is 39.0 Å². The second-order valence-corrected chi connectivity index (χ2v) is 5.90. The number of hydrogen-bond acceptors (Lipinski definition) is 5. The number of carbonyl (C=O) groups excluding carboxylic acids is 1. The summed E-state index contributed by atoms with van der Waals surface area (Å²) >= 11 is 0. The molecular weight excluding hydrogens is 302 g/mol. The number of alkyl carbamates (subject to hydrolysis) is 1. The molecule has 128 valence electrons. The van der Waals surface area contributed by atoms with Crippen molar-refractivity contribution in [2.75, 3.05) is 13.7 Å². The SMILES string of the molecule is COc1cccc(COCC(NC(=O)OC(C)(C)C)C(=O)O)c1. The molecule has 0 aliphatic heterocycles. The molecule has 1 aromatic rings. The van der Waals surface area contributed by atoms with Crippen LogP contribution in [0.4, 0.5) is 4.79 Å². The van der Waals surface area contributed by atoms with Crippen LogP contribution in [0.3, 0.4) is 0 Å². The van der Waals surface area contributed by atoms with Crippen molar-refractivity contribution in [1.82, 2.24) is 5.32 Å². The van der Waals surface area contributed by atoms with Gasteiger partial charge in [0.15, 0.2) is 6.04 Å². The van der Waals surface area contributed by atoms with Crippen LogP contribution in [0.5, 0.6) is 5.75 Å². The highest BCUT2D eigenvalue weighted by Gasteiger charge is 2.24. The maximum absolute atomic E-state index is 11.6. The summed E-state index contributed by atoms with van der Waals surface area (Å²) < 4.78 is 15.5. The van der Waals surface area contributed by atoms with Gasteiger partial charge in [-0.3, -0.25) is 0 Å². The molecule has 0 fully saturated rings. The molecule has 0 spiro atoms. The average molecular weight is 325 g/mol. The highest BCUT2D eigenvalue weighted by atomic mass is 16.6. The van der Waals surface area contributed by atoms with E-state index in [0.29, 0.717) is 5.75 Å². The van der Waals surface area contributed by atoms with Gasteiger partial charge in [-0.05, 0) is 38.5 Å². The number of nitrogens with one attached hydrogen (secondary N) is 1. The number of benzene rings is 1. The van der Waals surface area contributed by atoms with Gasteiger partial charge in [0.2, 0.25) is 0 Å². The average Bonchev–Trinajstić information content (AvgIpc) is 2.44. The number of carbonyl (C=O) groups is 2. The predicted octanol–water partition coefficient (Wildman–Crippen LogP) is 2.19. The molecule has 0 aliphatic carbocycles. The highest BCUT2D eigenvalue weighted by Crippen LogP contribution is 2.13. The highest BCUT2D eigenvalue weighted by molar-refractivity contribution is 5.80. The lowest BCUT2D eigenvalue weighted by Gasteiger charge is -2.22. The Labute approximate surface area is 135 Å². The molecule has 7 heteroatoms. The first-order valence-electron chi connectivity index (χ1n) is 7.14. The van der Waals surface area contributed by atoms with Crippen molar-refractivity contribution in [3.05, 3.63) is 29.8 Å². The third kappa shape index (κ3) is 7.51. The van der Waals surface area contributed by atoms with Gasteiger partial charge in [-0.25, -0.2) is 9.59 Å². The molecule has 0 radical (unpaired) electrons. The molecule has 1 unspecified atom stereocenters. The lowest BCUT2D eigenvalue weighted by atomic mass is 10.2. The van der Waals surface area contributed by atoms with Gasteiger partial charge in [-0.1, -0.05) is 12.1 Å². The summed E-state index contributed by atoms with van der Waals surface area (Å²) in [5.74, 6) is -0.505. The molecule has 23 heavy (non-hydrogen) atoms. The lowest BCUT2D eigenvalue weighted by molar-refractivity contribution is -0.141. The van der Waals surface area contributed by atoms with Crippen molar-refractivity contribution in [3.8, 4) is 5.75 Å². The van der Waals surface area contributed by atoms with Crippen LogP contribution in [0.15, 0.2) is 24.3 Å². The third-order valence-electron chi connectivity index (χ3n) is 2.68. The first kappa shape index (κ1) is 18.8. The molecule has 7 nitrogen and oxygen atoms in total. The Morgan fingerprint density at radius 2 is 2.00 bits per heavy atom. The van der Waals surface area contributed by atoms with Gasteiger partial charge in [0, 0.05) is 0 Å². The first-order valence-corrected chi connectivity index (χ1v) is 7.14. The minimum atomic E-state index is -1.19. The van der Waals surface area contributed by atoms with Crippen molar-refractivity contribution < 1.29 is 28.9 Å². The van der Waals surface area contributed by atoms with E-state index < -0.39 is 23.7 Å². The van der Waals surface area contributed by atoms with Crippen LogP contribution in [0.1, 0.15) is 26.3 Å². The largest absolute Gasteiger partial charge is 0.497 e. The van der Waals surface area contributed by atoms with E-state index in [-0.39, 0.29) is 13.2 Å². The van der Waals surface area contributed by atoms with E-state index in [9.17, 15) is 9.59 Å². The Morgan fingerprint density at radius 1 is 1.30 bits per heavy atom. The Bertz CT molecular complexity index is 538. The fraction of sp³-hybridized carbons (Fsp3) is 0.500. The maximum Gasteiger partial charge on any atom is 0.408 e. The van der Waals surface area contributed by atoms with Crippen LogP contribution >= 0.6 is 0 Å². The molecule has 0 aliphatic rings. The van der Waals surface area contributed by atoms with Gasteiger partial charge in [-0.2, -0.15) is 0 Å². The number of methoxy groups -OCH3 is 1. The Morgan fingerprint density at radius 3 is 2.57 bits per heavy atom. The summed E-state index contributed by atoms with van der Waals surface area (Å²) in [7, 11) is 1.56. The second-order valence-electron chi connectivity index (χ2n) is 5.90. The lowest BCUT2D eigenvalue weighted by Crippen LogP contribution is -2.46. The molecular formula is C16H23NO6. The summed E-state index contributed by atoms with van der Waals surface area (Å²) in [5, 5.41) is 11.4. The normalized spacial score (nSPS) is 12.3. The van der Waals surface area contributed by atoms with E-state index in [1.165, 1.54) is 0 Å². The van der Waals surface area contributed by atoms with Gasteiger partial charge >= 0.3 is 12.1 Å². The molecule has 1 aromatic carbocycles. The topological polar surface area (TPSA) is 94.1 Å². The molecule has 2 N–H and O–H groups in total. The van der Waals surface area contributed by atoms with Crippen LogP contribution in [0.2, 0.25) is 0 Å². The van der Waals surface area contributed by atoms with Gasteiger partial charge in [0.05, 0.1) is 20.3 Å². The first-order chi connectivity index (χ1) is 10.7. The van der Waals surface area contributed by atoms with E-state index in [0.717, 1.165) is 5.56 Å². The monoisotopic (exact) mass is 325 g/mol. The zero-order valence-corrected chi connectivity index (χ0v) is 13.8. The van der Waals surface area contributed by atoms with Crippen LogP contribution in [0, 0.1) is 0 Å². The number of carboxylic acid groups (broad SMARTS) is 1. The molecule has 1 atom stereocenters. The van der Waals surface area contributed by atoms with Crippen LogP contribution in [-0.4, -0.2) is 42.5 Å². The van der Waals surface area contributed by atoms with Crippen LogP contribution in [0.25, 0.3) is 0 Å². The number of ether oxygens (including phenoxy) is 3. The zero-order chi connectivity index (χ0) is 17.5. The fourth-order valence-corrected chi connectivity index (χ4v) is 1.68. The number of hydrogen-bond donors (Lipinski definition) is 2. The molecule has 0 saturated heterocycles. The number of amides is 1. The van der Waals surface area contributed by atoms with Gasteiger partial charge in [0.25, 0.3) is 0 Å². The minimum Gasteiger partial charge on any atom is -0.497 e. The van der Waals surface area contributed by atoms with Gasteiger partial charge in [0.1, 0.15) is 11.4 Å². The predicted molar refractivity (Wildman–Crippen MR) is 83.4 cm³/mol. The fourth-order valence-electron chi connectivity index (χ4n) is 1.68. The molecule has 0 heterocycles. The molecule has 1 rings (SSSR count). The minimum absolute atomic E-state index is 0.175. The van der Waals surface area contributed by atoms with E-state index in [1.54, 1.807) is 40.0 Å². The number of rotatable bonds is 7. The summed E-state index contributed by atoms with van der Waals surface area (Å²) in [4.78, 5) is 22.8. The standard InChI is InChI=1S/C16H23NO6/c1-16(2,3)23-15(20)17-13(14(18)19)10-22-9-11-6-5-7-12(8-11)21-4/h5-8,13H,9-10H2,1-4H3,(H,17,20)(H,18,19). The summed E-state index contributed by atoms with van der Waals surface area (Å²) in [5.41, 5.74) is 0.139. The van der Waals surface area contributed by atoms with E-state index in [2.05, 4.69) is 5.32 Å². The number of carboxylic acids is 1. The van der Waals surface area contributed by atoms with Crippen molar-refractivity contribution in [3.63, 3.8) is 0 Å².